The van der Waals surface area contributed by atoms with Crippen LogP contribution in [0.1, 0.15) is 19.5 Å². The SMILES string of the molecule is CCc1cc(-c2nnc(SCC(=O)OC)s2)n(CC)n1. The second kappa shape index (κ2) is 6.85. The molecule has 0 fully saturated rings. The third-order valence-electron chi connectivity index (χ3n) is 2.66. The van der Waals surface area contributed by atoms with Crippen molar-refractivity contribution in [1.29, 1.82) is 0 Å². The predicted molar refractivity (Wildman–Crippen MR) is 78.9 cm³/mol. The zero-order chi connectivity index (χ0) is 14.5. The first-order chi connectivity index (χ1) is 9.67. The van der Waals surface area contributed by atoms with Crippen molar-refractivity contribution in [3.8, 4) is 10.7 Å². The topological polar surface area (TPSA) is 69.9 Å². The molecule has 0 radical (unpaired) electrons. The zero-order valence-corrected chi connectivity index (χ0v) is 13.3. The Hall–Kier alpha value is -1.41. The largest absolute Gasteiger partial charge is 0.468 e. The molecule has 0 N–H and O–H groups in total. The van der Waals surface area contributed by atoms with Gasteiger partial charge in [0.15, 0.2) is 9.35 Å². The number of hydrogen-bond acceptors (Lipinski definition) is 7. The molecule has 2 heterocycles. The van der Waals surface area contributed by atoms with E-state index in [1.165, 1.54) is 30.2 Å². The molecule has 0 saturated carbocycles. The summed E-state index contributed by atoms with van der Waals surface area (Å²) in [6.07, 6.45) is 0.892. The lowest BCUT2D eigenvalue weighted by atomic mass is 10.3. The molecule has 2 aromatic rings. The van der Waals surface area contributed by atoms with Crippen LogP contribution < -0.4 is 0 Å². The van der Waals surface area contributed by atoms with Gasteiger partial charge < -0.3 is 4.74 Å². The van der Waals surface area contributed by atoms with Crippen LogP contribution in [0.15, 0.2) is 10.4 Å². The Kier molecular flexibility index (Phi) is 5.13. The Labute approximate surface area is 125 Å². The Morgan fingerprint density at radius 1 is 1.45 bits per heavy atom. The van der Waals surface area contributed by atoms with Crippen molar-refractivity contribution >= 4 is 29.1 Å². The van der Waals surface area contributed by atoms with Crippen LogP contribution in [0.3, 0.4) is 0 Å². The third kappa shape index (κ3) is 3.37. The number of esters is 1. The summed E-state index contributed by atoms with van der Waals surface area (Å²) < 4.78 is 7.28. The van der Waals surface area contributed by atoms with Crippen LogP contribution in [0.2, 0.25) is 0 Å². The normalized spacial score (nSPS) is 10.8. The van der Waals surface area contributed by atoms with Crippen molar-refractivity contribution in [2.75, 3.05) is 12.9 Å². The highest BCUT2D eigenvalue weighted by molar-refractivity contribution is 8.01. The predicted octanol–water partition coefficient (Wildman–Crippen LogP) is 2.25. The summed E-state index contributed by atoms with van der Waals surface area (Å²) >= 11 is 2.80. The summed E-state index contributed by atoms with van der Waals surface area (Å²) in [5.74, 6) is -0.0168. The van der Waals surface area contributed by atoms with Gasteiger partial charge in [-0.3, -0.25) is 9.48 Å². The molecule has 0 amide bonds. The minimum Gasteiger partial charge on any atom is -0.468 e. The summed E-state index contributed by atoms with van der Waals surface area (Å²) in [6.45, 7) is 4.91. The van der Waals surface area contributed by atoms with Crippen LogP contribution in [-0.2, 0) is 22.5 Å². The second-order valence-electron chi connectivity index (χ2n) is 3.93. The fourth-order valence-electron chi connectivity index (χ4n) is 1.61. The van der Waals surface area contributed by atoms with E-state index >= 15 is 0 Å². The maximum atomic E-state index is 11.1. The molecule has 108 valence electrons. The maximum Gasteiger partial charge on any atom is 0.316 e. The highest BCUT2D eigenvalue weighted by atomic mass is 32.2. The van der Waals surface area contributed by atoms with Crippen LogP contribution in [0.4, 0.5) is 0 Å². The van der Waals surface area contributed by atoms with E-state index < -0.39 is 0 Å². The Bertz CT molecular complexity index is 594. The lowest BCUT2D eigenvalue weighted by molar-refractivity contribution is -0.137. The summed E-state index contributed by atoms with van der Waals surface area (Å²) in [5.41, 5.74) is 2.02. The molecule has 0 aliphatic carbocycles. The molecule has 0 bridgehead atoms. The van der Waals surface area contributed by atoms with Gasteiger partial charge in [0, 0.05) is 6.54 Å². The molecule has 0 aliphatic heterocycles. The van der Waals surface area contributed by atoms with E-state index in [-0.39, 0.29) is 11.7 Å². The second-order valence-corrected chi connectivity index (χ2v) is 6.13. The molecule has 0 saturated heterocycles. The van der Waals surface area contributed by atoms with Gasteiger partial charge in [-0.15, -0.1) is 10.2 Å². The summed E-state index contributed by atoms with van der Waals surface area (Å²) in [6, 6.07) is 2.04. The average Bonchev–Trinajstić information content (AvgIpc) is 3.10. The van der Waals surface area contributed by atoms with E-state index in [2.05, 4.69) is 27.0 Å². The molecule has 0 aliphatic rings. The molecule has 0 spiro atoms. The van der Waals surface area contributed by atoms with Crippen molar-refractivity contribution in [2.24, 2.45) is 0 Å². The van der Waals surface area contributed by atoms with E-state index in [0.29, 0.717) is 0 Å². The van der Waals surface area contributed by atoms with Gasteiger partial charge in [0.05, 0.1) is 24.3 Å². The van der Waals surface area contributed by atoms with Crippen molar-refractivity contribution in [2.45, 2.75) is 31.2 Å². The minimum atomic E-state index is -0.265. The quantitative estimate of drug-likeness (QED) is 0.602. The summed E-state index contributed by atoms with van der Waals surface area (Å²) in [4.78, 5) is 11.1. The van der Waals surface area contributed by atoms with Crippen LogP contribution in [0, 0.1) is 0 Å². The lowest BCUT2D eigenvalue weighted by Gasteiger charge is -1.99. The van der Waals surface area contributed by atoms with Crippen molar-refractivity contribution in [1.82, 2.24) is 20.0 Å². The maximum absolute atomic E-state index is 11.1. The van der Waals surface area contributed by atoms with E-state index in [9.17, 15) is 4.79 Å². The van der Waals surface area contributed by atoms with Gasteiger partial charge in [0.2, 0.25) is 0 Å². The van der Waals surface area contributed by atoms with Gasteiger partial charge in [-0.25, -0.2) is 0 Å². The molecular weight excluding hydrogens is 296 g/mol. The molecule has 0 unspecified atom stereocenters. The number of carbonyl (C=O) groups excluding carboxylic acids is 1. The number of thioether (sulfide) groups is 1. The van der Waals surface area contributed by atoms with Gasteiger partial charge in [0.1, 0.15) is 0 Å². The van der Waals surface area contributed by atoms with Gasteiger partial charge in [-0.1, -0.05) is 30.0 Å². The fraction of sp³-hybridized carbons (Fsp3) is 0.500. The van der Waals surface area contributed by atoms with E-state index in [4.69, 9.17) is 0 Å². The molecule has 0 atom stereocenters. The third-order valence-corrected chi connectivity index (χ3v) is 4.71. The Morgan fingerprint density at radius 2 is 2.25 bits per heavy atom. The number of ether oxygens (including phenoxy) is 1. The Morgan fingerprint density at radius 3 is 2.90 bits per heavy atom. The fourth-order valence-corrected chi connectivity index (χ4v) is 3.31. The van der Waals surface area contributed by atoms with Gasteiger partial charge in [-0.2, -0.15) is 5.10 Å². The van der Waals surface area contributed by atoms with Gasteiger partial charge in [-0.05, 0) is 19.4 Å². The number of nitrogens with zero attached hydrogens (tertiary/aromatic N) is 4. The van der Waals surface area contributed by atoms with Crippen molar-refractivity contribution in [3.05, 3.63) is 11.8 Å². The average molecular weight is 312 g/mol. The van der Waals surface area contributed by atoms with Crippen LogP contribution in [0.5, 0.6) is 0 Å². The Balaban J connectivity index is 2.15. The highest BCUT2D eigenvalue weighted by Gasteiger charge is 2.14. The van der Waals surface area contributed by atoms with Crippen molar-refractivity contribution in [3.63, 3.8) is 0 Å². The van der Waals surface area contributed by atoms with Gasteiger partial charge >= 0.3 is 5.97 Å². The molecule has 8 heteroatoms. The first kappa shape index (κ1) is 15.0. The van der Waals surface area contributed by atoms with Crippen LogP contribution in [0.25, 0.3) is 10.7 Å². The number of methoxy groups -OCH3 is 1. The highest BCUT2D eigenvalue weighted by Crippen LogP contribution is 2.29. The number of aromatic nitrogens is 4. The summed E-state index contributed by atoms with van der Waals surface area (Å²) in [7, 11) is 1.38. The number of carbonyl (C=O) groups is 1. The number of aryl methyl sites for hydroxylation is 2. The molecule has 0 aromatic carbocycles. The molecule has 2 rings (SSSR count). The van der Waals surface area contributed by atoms with Gasteiger partial charge in [0.25, 0.3) is 0 Å². The smallest absolute Gasteiger partial charge is 0.316 e. The van der Waals surface area contributed by atoms with E-state index in [1.54, 1.807) is 0 Å². The zero-order valence-electron chi connectivity index (χ0n) is 11.6. The first-order valence-electron chi connectivity index (χ1n) is 6.28. The molecule has 2 aromatic heterocycles. The van der Waals surface area contributed by atoms with Crippen LogP contribution >= 0.6 is 23.1 Å². The van der Waals surface area contributed by atoms with E-state index in [1.807, 2.05) is 17.7 Å². The monoisotopic (exact) mass is 312 g/mol. The minimum absolute atomic E-state index is 0.248. The first-order valence-corrected chi connectivity index (χ1v) is 8.08. The molecule has 20 heavy (non-hydrogen) atoms. The van der Waals surface area contributed by atoms with E-state index in [0.717, 1.165) is 33.7 Å². The summed E-state index contributed by atoms with van der Waals surface area (Å²) in [5, 5.41) is 13.6. The number of rotatable bonds is 6. The van der Waals surface area contributed by atoms with Crippen molar-refractivity contribution < 1.29 is 9.53 Å². The lowest BCUT2D eigenvalue weighted by Crippen LogP contribution is -2.02. The number of hydrogen-bond donors (Lipinski definition) is 0. The van der Waals surface area contributed by atoms with Crippen LogP contribution in [-0.4, -0.2) is 38.8 Å². The molecule has 6 nitrogen and oxygen atoms in total. The molecular formula is C12H16N4O2S2. The standard InChI is InChI=1S/C12H16N4O2S2/c1-4-8-6-9(16(5-2)15-8)11-13-14-12(20-11)19-7-10(17)18-3/h6H,4-5,7H2,1-3H3.